The van der Waals surface area contributed by atoms with Crippen LogP contribution in [0, 0.1) is 30.9 Å². The van der Waals surface area contributed by atoms with E-state index in [-0.39, 0.29) is 11.5 Å². The van der Waals surface area contributed by atoms with Gasteiger partial charge in [0.15, 0.2) is 0 Å². The number of carbonyl (C=O) groups excluding carboxylic acids is 1. The van der Waals surface area contributed by atoms with Crippen molar-refractivity contribution in [1.82, 2.24) is 0 Å². The van der Waals surface area contributed by atoms with Crippen molar-refractivity contribution in [1.29, 1.82) is 0 Å². The number of nitro groups is 1. The first-order chi connectivity index (χ1) is 10.9. The van der Waals surface area contributed by atoms with E-state index in [1.165, 1.54) is 0 Å². The minimum atomic E-state index is -0.559. The fourth-order valence-electron chi connectivity index (χ4n) is 2.76. The number of hydrogen-bond donors (Lipinski definition) is 0. The highest BCUT2D eigenvalue weighted by Gasteiger charge is 2.35. The van der Waals surface area contributed by atoms with E-state index in [0.29, 0.717) is 16.7 Å². The highest BCUT2D eigenvalue weighted by molar-refractivity contribution is 6.07. The van der Waals surface area contributed by atoms with Crippen molar-refractivity contribution < 1.29 is 14.5 Å². The number of aryl methyl sites for hydroxylation is 3. The van der Waals surface area contributed by atoms with Gasteiger partial charge in [-0.3, -0.25) is 10.1 Å². The first-order valence-electron chi connectivity index (χ1n) is 7.18. The van der Waals surface area contributed by atoms with Crippen LogP contribution in [0.4, 0.5) is 0 Å². The SMILES string of the molecule is Cc1cc(C)c(/C(=C2/OC(=O)c3ccccc32)[N+](=O)[O-])cc1C. The number of fused-ring (bicyclic) bond motifs is 1. The van der Waals surface area contributed by atoms with Crippen LogP contribution in [0.3, 0.4) is 0 Å². The van der Waals surface area contributed by atoms with Crippen LogP contribution < -0.4 is 0 Å². The maximum Gasteiger partial charge on any atom is 0.344 e. The monoisotopic (exact) mass is 309 g/mol. The van der Waals surface area contributed by atoms with E-state index in [9.17, 15) is 14.9 Å². The molecule has 0 fully saturated rings. The van der Waals surface area contributed by atoms with Crippen LogP contribution in [-0.2, 0) is 4.74 Å². The maximum absolute atomic E-state index is 12.0. The van der Waals surface area contributed by atoms with Crippen LogP contribution in [0.5, 0.6) is 0 Å². The van der Waals surface area contributed by atoms with Gasteiger partial charge in [-0.05, 0) is 49.6 Å². The van der Waals surface area contributed by atoms with Gasteiger partial charge in [-0.15, -0.1) is 0 Å². The third kappa shape index (κ3) is 2.40. The molecule has 0 aliphatic carbocycles. The molecule has 116 valence electrons. The Balaban J connectivity index is 2.32. The number of rotatable bonds is 2. The normalized spacial score (nSPS) is 15.2. The number of hydrogen-bond acceptors (Lipinski definition) is 4. The molecule has 5 nitrogen and oxygen atoms in total. The van der Waals surface area contributed by atoms with E-state index in [0.717, 1.165) is 16.7 Å². The van der Waals surface area contributed by atoms with Crippen molar-refractivity contribution in [2.75, 3.05) is 0 Å². The summed E-state index contributed by atoms with van der Waals surface area (Å²) in [4.78, 5) is 23.2. The lowest BCUT2D eigenvalue weighted by molar-refractivity contribution is -0.375. The zero-order valence-electron chi connectivity index (χ0n) is 13.0. The summed E-state index contributed by atoms with van der Waals surface area (Å²) < 4.78 is 5.23. The smallest absolute Gasteiger partial charge is 0.344 e. The Kier molecular flexibility index (Phi) is 3.48. The van der Waals surface area contributed by atoms with Crippen LogP contribution in [0.15, 0.2) is 36.4 Å². The van der Waals surface area contributed by atoms with Gasteiger partial charge in [-0.2, -0.15) is 0 Å². The van der Waals surface area contributed by atoms with Crippen LogP contribution in [-0.4, -0.2) is 10.9 Å². The molecular weight excluding hydrogens is 294 g/mol. The third-order valence-corrected chi connectivity index (χ3v) is 4.08. The second kappa shape index (κ2) is 5.35. The quantitative estimate of drug-likeness (QED) is 0.479. The number of ether oxygens (including phenoxy) is 1. The highest BCUT2D eigenvalue weighted by atomic mass is 16.6. The van der Waals surface area contributed by atoms with Crippen LogP contribution in [0.1, 0.15) is 38.2 Å². The molecule has 0 amide bonds. The van der Waals surface area contributed by atoms with Gasteiger partial charge in [-0.25, -0.2) is 4.79 Å². The predicted molar refractivity (Wildman–Crippen MR) is 86.3 cm³/mol. The maximum atomic E-state index is 12.0. The first kappa shape index (κ1) is 15.0. The van der Waals surface area contributed by atoms with E-state index in [2.05, 4.69) is 0 Å². The lowest BCUT2D eigenvalue weighted by Gasteiger charge is -2.09. The first-order valence-corrected chi connectivity index (χ1v) is 7.18. The summed E-state index contributed by atoms with van der Waals surface area (Å²) in [5, 5.41) is 11.7. The summed E-state index contributed by atoms with van der Waals surface area (Å²) in [6.45, 7) is 5.67. The Morgan fingerprint density at radius 1 is 1.00 bits per heavy atom. The molecule has 3 rings (SSSR count). The molecule has 1 aliphatic rings. The van der Waals surface area contributed by atoms with Gasteiger partial charge in [0.2, 0.25) is 5.76 Å². The fraction of sp³-hybridized carbons (Fsp3) is 0.167. The summed E-state index contributed by atoms with van der Waals surface area (Å²) in [6, 6.07) is 10.4. The van der Waals surface area contributed by atoms with Crippen molar-refractivity contribution in [2.24, 2.45) is 0 Å². The van der Waals surface area contributed by atoms with E-state index in [4.69, 9.17) is 4.74 Å². The van der Waals surface area contributed by atoms with Gasteiger partial charge in [0.1, 0.15) is 0 Å². The number of cyclic esters (lactones) is 1. The molecule has 0 atom stereocenters. The third-order valence-electron chi connectivity index (χ3n) is 4.08. The zero-order chi connectivity index (χ0) is 16.7. The number of nitrogens with zero attached hydrogens (tertiary/aromatic N) is 1. The molecule has 0 spiro atoms. The molecule has 0 radical (unpaired) electrons. The second-order valence-electron chi connectivity index (χ2n) is 5.62. The zero-order valence-corrected chi connectivity index (χ0v) is 13.0. The average Bonchev–Trinajstić information content (AvgIpc) is 2.82. The van der Waals surface area contributed by atoms with Crippen molar-refractivity contribution >= 4 is 17.4 Å². The lowest BCUT2D eigenvalue weighted by Crippen LogP contribution is -2.05. The molecule has 23 heavy (non-hydrogen) atoms. The number of carbonyl (C=O) groups is 1. The molecule has 1 aliphatic heterocycles. The Bertz CT molecular complexity index is 881. The number of benzene rings is 2. The van der Waals surface area contributed by atoms with Gasteiger partial charge in [-0.1, -0.05) is 24.3 Å². The van der Waals surface area contributed by atoms with E-state index in [1.807, 2.05) is 26.8 Å². The topological polar surface area (TPSA) is 69.4 Å². The Labute approximate surface area is 133 Å². The van der Waals surface area contributed by atoms with Crippen LogP contribution in [0.2, 0.25) is 0 Å². The molecule has 0 aromatic heterocycles. The van der Waals surface area contributed by atoms with Crippen molar-refractivity contribution in [3.8, 4) is 0 Å². The van der Waals surface area contributed by atoms with Crippen LogP contribution >= 0.6 is 0 Å². The van der Waals surface area contributed by atoms with Crippen LogP contribution in [0.25, 0.3) is 11.5 Å². The Hall–Kier alpha value is -2.95. The largest absolute Gasteiger partial charge is 0.415 e. The molecule has 1 heterocycles. The fourth-order valence-corrected chi connectivity index (χ4v) is 2.76. The molecule has 0 saturated heterocycles. The van der Waals surface area contributed by atoms with Gasteiger partial charge >= 0.3 is 11.7 Å². The van der Waals surface area contributed by atoms with Crippen molar-refractivity contribution in [3.05, 3.63) is 79.9 Å². The van der Waals surface area contributed by atoms with Gasteiger partial charge in [0.05, 0.1) is 16.1 Å². The van der Waals surface area contributed by atoms with Gasteiger partial charge in [0.25, 0.3) is 0 Å². The molecule has 0 saturated carbocycles. The minimum Gasteiger partial charge on any atom is -0.415 e. The molecule has 2 aromatic carbocycles. The molecule has 0 N–H and O–H groups in total. The van der Waals surface area contributed by atoms with Gasteiger partial charge < -0.3 is 4.74 Å². The standard InChI is InChI=1S/C18H15NO4/c1-10-8-12(3)15(9-11(10)2)16(19(21)22)17-13-6-4-5-7-14(13)18(20)23-17/h4-9H,1-3H3/b17-16-. The van der Waals surface area contributed by atoms with E-state index >= 15 is 0 Å². The molecule has 0 bridgehead atoms. The average molecular weight is 309 g/mol. The van der Waals surface area contributed by atoms with E-state index in [1.54, 1.807) is 30.3 Å². The summed E-state index contributed by atoms with van der Waals surface area (Å²) in [5.41, 5.74) is 3.88. The van der Waals surface area contributed by atoms with E-state index < -0.39 is 10.9 Å². The van der Waals surface area contributed by atoms with Gasteiger partial charge in [0, 0.05) is 5.56 Å². The molecule has 5 heteroatoms. The van der Waals surface area contributed by atoms with Crippen molar-refractivity contribution in [2.45, 2.75) is 20.8 Å². The molecule has 2 aromatic rings. The Morgan fingerprint density at radius 2 is 1.61 bits per heavy atom. The lowest BCUT2D eigenvalue weighted by atomic mass is 9.97. The molecular formula is C18H15NO4. The molecule has 0 unspecified atom stereocenters. The second-order valence-corrected chi connectivity index (χ2v) is 5.62. The Morgan fingerprint density at radius 3 is 2.26 bits per heavy atom. The predicted octanol–water partition coefficient (Wildman–Crippen LogP) is 3.88. The summed E-state index contributed by atoms with van der Waals surface area (Å²) in [5.74, 6) is -0.543. The number of esters is 1. The summed E-state index contributed by atoms with van der Waals surface area (Å²) in [6.07, 6.45) is 0. The summed E-state index contributed by atoms with van der Waals surface area (Å²) >= 11 is 0. The highest BCUT2D eigenvalue weighted by Crippen LogP contribution is 2.37. The minimum absolute atomic E-state index is 0.0157. The summed E-state index contributed by atoms with van der Waals surface area (Å²) in [7, 11) is 0. The van der Waals surface area contributed by atoms with Crippen molar-refractivity contribution in [3.63, 3.8) is 0 Å².